The Labute approximate surface area is 147 Å². The number of carboxylic acid groups (broad SMARTS) is 1. The third-order valence-electron chi connectivity index (χ3n) is 5.03. The monoisotopic (exact) mass is 348 g/mol. The summed E-state index contributed by atoms with van der Waals surface area (Å²) in [6.07, 6.45) is 0.550. The van der Waals surface area contributed by atoms with Crippen molar-refractivity contribution < 1.29 is 24.2 Å². The number of carboxylic acids is 1. The van der Waals surface area contributed by atoms with Gasteiger partial charge in [0.15, 0.2) is 6.04 Å². The van der Waals surface area contributed by atoms with E-state index in [4.69, 9.17) is 9.47 Å². The van der Waals surface area contributed by atoms with Gasteiger partial charge in [-0.3, -0.25) is 4.90 Å². The van der Waals surface area contributed by atoms with Crippen molar-refractivity contribution in [2.24, 2.45) is 0 Å². The molecule has 1 amide bonds. The van der Waals surface area contributed by atoms with Crippen LogP contribution in [0.5, 0.6) is 0 Å². The van der Waals surface area contributed by atoms with Crippen LogP contribution < -0.4 is 0 Å². The van der Waals surface area contributed by atoms with Crippen molar-refractivity contribution in [2.75, 3.05) is 26.2 Å². The predicted octanol–water partition coefficient (Wildman–Crippen LogP) is 1.92. The van der Waals surface area contributed by atoms with E-state index in [1.165, 1.54) is 4.90 Å². The van der Waals surface area contributed by atoms with Gasteiger partial charge in [-0.25, -0.2) is 9.59 Å². The first-order valence-corrected chi connectivity index (χ1v) is 8.65. The smallest absolute Gasteiger partial charge is 0.413 e. The molecule has 1 N–H and O–H groups in total. The molecule has 0 radical (unpaired) electrons. The lowest BCUT2D eigenvalue weighted by atomic mass is 9.98. The number of likely N-dealkylation sites (tertiary alicyclic amines) is 1. The number of benzene rings is 1. The molecule has 2 fully saturated rings. The molecule has 3 rings (SSSR count). The van der Waals surface area contributed by atoms with Crippen molar-refractivity contribution in [3.8, 4) is 0 Å². The lowest BCUT2D eigenvalue weighted by molar-refractivity contribution is -0.145. The standard InChI is InChI=1S/C18H24N2O5/c1-2-19-10-8-18(9-11-19)20(15(13-25-18)16(21)22)17(23)24-12-14-6-4-3-5-7-14/h3-7,15H,2,8-13H2,1H3,(H,21,22). The van der Waals surface area contributed by atoms with Crippen LogP contribution in [0.25, 0.3) is 0 Å². The first kappa shape index (κ1) is 17.7. The molecular weight excluding hydrogens is 324 g/mol. The predicted molar refractivity (Wildman–Crippen MR) is 89.9 cm³/mol. The summed E-state index contributed by atoms with van der Waals surface area (Å²) in [5.74, 6) is -1.06. The average molecular weight is 348 g/mol. The summed E-state index contributed by atoms with van der Waals surface area (Å²) in [5.41, 5.74) is -0.0135. The second-order valence-electron chi connectivity index (χ2n) is 6.46. The fourth-order valence-corrected chi connectivity index (χ4v) is 3.53. The number of hydrogen-bond donors (Lipinski definition) is 1. The SMILES string of the molecule is CCN1CCC2(CC1)OCC(C(=O)O)N2C(=O)OCc1ccccc1. The first-order chi connectivity index (χ1) is 12.1. The van der Waals surface area contributed by atoms with Gasteiger partial charge >= 0.3 is 12.1 Å². The van der Waals surface area contributed by atoms with Gasteiger partial charge in [0.25, 0.3) is 0 Å². The number of nitrogens with zero attached hydrogens (tertiary/aromatic N) is 2. The van der Waals surface area contributed by atoms with Crippen LogP contribution in [0.15, 0.2) is 30.3 Å². The van der Waals surface area contributed by atoms with Crippen molar-refractivity contribution in [2.45, 2.75) is 38.1 Å². The van der Waals surface area contributed by atoms with E-state index in [2.05, 4.69) is 11.8 Å². The third-order valence-corrected chi connectivity index (χ3v) is 5.03. The minimum absolute atomic E-state index is 0.00188. The van der Waals surface area contributed by atoms with Crippen LogP contribution in [0.1, 0.15) is 25.3 Å². The minimum atomic E-state index is -1.06. The van der Waals surface area contributed by atoms with Gasteiger partial charge in [-0.15, -0.1) is 0 Å². The molecule has 2 aliphatic heterocycles. The van der Waals surface area contributed by atoms with Crippen LogP contribution in [-0.4, -0.2) is 65.0 Å². The summed E-state index contributed by atoms with van der Waals surface area (Å²) in [5, 5.41) is 9.49. The Kier molecular flexibility index (Phi) is 5.24. The molecule has 0 saturated carbocycles. The molecule has 0 aromatic heterocycles. The summed E-state index contributed by atoms with van der Waals surface area (Å²) >= 11 is 0. The van der Waals surface area contributed by atoms with E-state index in [1.54, 1.807) is 0 Å². The Hall–Kier alpha value is -2.12. The van der Waals surface area contributed by atoms with Crippen LogP contribution in [0, 0.1) is 0 Å². The third kappa shape index (κ3) is 3.62. The number of aliphatic carboxylic acids is 1. The van der Waals surface area contributed by atoms with Gasteiger partial charge in [0.05, 0.1) is 6.61 Å². The molecule has 7 heteroatoms. The topological polar surface area (TPSA) is 79.3 Å². The summed E-state index contributed by atoms with van der Waals surface area (Å²) < 4.78 is 11.3. The van der Waals surface area contributed by atoms with E-state index in [1.807, 2.05) is 30.3 Å². The van der Waals surface area contributed by atoms with E-state index >= 15 is 0 Å². The molecule has 0 aliphatic carbocycles. The van der Waals surface area contributed by atoms with Crippen molar-refractivity contribution >= 4 is 12.1 Å². The first-order valence-electron chi connectivity index (χ1n) is 8.65. The van der Waals surface area contributed by atoms with Gasteiger partial charge in [0.1, 0.15) is 12.3 Å². The molecule has 1 unspecified atom stereocenters. The van der Waals surface area contributed by atoms with Crippen molar-refractivity contribution in [3.05, 3.63) is 35.9 Å². The number of hydrogen-bond acceptors (Lipinski definition) is 5. The van der Waals surface area contributed by atoms with Gasteiger partial charge in [0.2, 0.25) is 0 Å². The molecule has 1 spiro atoms. The largest absolute Gasteiger partial charge is 0.480 e. The zero-order chi connectivity index (χ0) is 17.9. The van der Waals surface area contributed by atoms with E-state index in [9.17, 15) is 14.7 Å². The number of piperidine rings is 1. The molecule has 0 bridgehead atoms. The lowest BCUT2D eigenvalue weighted by Gasteiger charge is -2.43. The second kappa shape index (κ2) is 7.41. The number of carbonyl (C=O) groups is 2. The van der Waals surface area contributed by atoms with Gasteiger partial charge in [0, 0.05) is 25.9 Å². The molecule has 1 atom stereocenters. The van der Waals surface area contributed by atoms with E-state index in [0.29, 0.717) is 12.8 Å². The summed E-state index contributed by atoms with van der Waals surface area (Å²) in [7, 11) is 0. The van der Waals surface area contributed by atoms with Gasteiger partial charge in [-0.2, -0.15) is 0 Å². The normalized spacial score (nSPS) is 22.9. The van der Waals surface area contributed by atoms with Crippen molar-refractivity contribution in [1.29, 1.82) is 0 Å². The van der Waals surface area contributed by atoms with Crippen LogP contribution >= 0.6 is 0 Å². The lowest BCUT2D eigenvalue weighted by Crippen LogP contribution is -2.58. The van der Waals surface area contributed by atoms with Crippen molar-refractivity contribution in [3.63, 3.8) is 0 Å². The van der Waals surface area contributed by atoms with E-state index < -0.39 is 23.8 Å². The van der Waals surface area contributed by atoms with E-state index in [-0.39, 0.29) is 13.2 Å². The van der Waals surface area contributed by atoms with Gasteiger partial charge in [-0.05, 0) is 12.1 Å². The highest BCUT2D eigenvalue weighted by molar-refractivity contribution is 5.81. The zero-order valence-electron chi connectivity index (χ0n) is 14.4. The van der Waals surface area contributed by atoms with Gasteiger partial charge in [-0.1, -0.05) is 37.3 Å². The van der Waals surface area contributed by atoms with Crippen LogP contribution in [0.3, 0.4) is 0 Å². The highest BCUT2D eigenvalue weighted by Gasteiger charge is 2.54. The summed E-state index contributed by atoms with van der Waals surface area (Å²) in [6.45, 7) is 4.66. The Morgan fingerprint density at radius 1 is 1.28 bits per heavy atom. The van der Waals surface area contributed by atoms with Crippen molar-refractivity contribution in [1.82, 2.24) is 9.80 Å². The fourth-order valence-electron chi connectivity index (χ4n) is 3.53. The van der Waals surface area contributed by atoms with Crippen LogP contribution in [-0.2, 0) is 20.9 Å². The number of carbonyl (C=O) groups excluding carboxylic acids is 1. The molecule has 2 heterocycles. The Bertz CT molecular complexity index is 613. The summed E-state index contributed by atoms with van der Waals surface area (Å²) in [4.78, 5) is 27.9. The second-order valence-corrected chi connectivity index (χ2v) is 6.46. The van der Waals surface area contributed by atoms with E-state index in [0.717, 1.165) is 25.2 Å². The molecular formula is C18H24N2O5. The quantitative estimate of drug-likeness (QED) is 0.896. The molecule has 2 aliphatic rings. The zero-order valence-corrected chi connectivity index (χ0v) is 14.4. The molecule has 1 aromatic rings. The maximum Gasteiger partial charge on any atom is 0.413 e. The highest BCUT2D eigenvalue weighted by Crippen LogP contribution is 2.37. The maximum absolute atomic E-state index is 12.7. The highest BCUT2D eigenvalue weighted by atomic mass is 16.6. The molecule has 1 aromatic carbocycles. The van der Waals surface area contributed by atoms with Crippen LogP contribution in [0.2, 0.25) is 0 Å². The average Bonchev–Trinajstić information content (AvgIpc) is 3.00. The summed E-state index contributed by atoms with van der Waals surface area (Å²) in [6, 6.07) is 8.33. The maximum atomic E-state index is 12.7. The Morgan fingerprint density at radius 3 is 2.56 bits per heavy atom. The molecule has 136 valence electrons. The Morgan fingerprint density at radius 2 is 1.96 bits per heavy atom. The van der Waals surface area contributed by atoms with Gasteiger partial charge < -0.3 is 19.5 Å². The molecule has 25 heavy (non-hydrogen) atoms. The fraction of sp³-hybridized carbons (Fsp3) is 0.556. The molecule has 2 saturated heterocycles. The van der Waals surface area contributed by atoms with Crippen LogP contribution in [0.4, 0.5) is 4.79 Å². The number of amides is 1. The molecule has 7 nitrogen and oxygen atoms in total. The Balaban J connectivity index is 1.73. The minimum Gasteiger partial charge on any atom is -0.480 e. The number of rotatable bonds is 4. The number of ether oxygens (including phenoxy) is 2.